The minimum Gasteiger partial charge on any atom is -0.285 e. The maximum atomic E-state index is 11.8. The molecule has 0 spiro atoms. The fourth-order valence-electron chi connectivity index (χ4n) is 1.54. The fraction of sp³-hybridized carbons (Fsp3) is 0.154. The molecule has 0 aromatic heterocycles. The van der Waals surface area contributed by atoms with E-state index >= 15 is 0 Å². The summed E-state index contributed by atoms with van der Waals surface area (Å²) >= 11 is 1.30. The Hall–Kier alpha value is -2.08. The number of amidine groups is 1. The Morgan fingerprint density at radius 2 is 2.21 bits per heavy atom. The van der Waals surface area contributed by atoms with Crippen LogP contribution in [0.1, 0.15) is 10.4 Å². The van der Waals surface area contributed by atoms with Crippen LogP contribution < -0.4 is 5.43 Å². The van der Waals surface area contributed by atoms with Crippen LogP contribution in [0.4, 0.5) is 0 Å². The van der Waals surface area contributed by atoms with Gasteiger partial charge in [0.15, 0.2) is 5.17 Å². The molecule has 0 unspecified atom stereocenters. The molecule has 1 aromatic rings. The van der Waals surface area contributed by atoms with Gasteiger partial charge in [-0.25, -0.2) is 5.43 Å². The summed E-state index contributed by atoms with van der Waals surface area (Å²) < 4.78 is 0. The zero-order chi connectivity index (χ0) is 13.7. The van der Waals surface area contributed by atoms with Crippen molar-refractivity contribution in [3.8, 4) is 0 Å². The summed E-state index contributed by atoms with van der Waals surface area (Å²) in [5, 5.41) is 4.48. The fourth-order valence-corrected chi connectivity index (χ4v) is 2.39. The second-order valence-corrected chi connectivity index (χ2v) is 4.73. The summed E-state index contributed by atoms with van der Waals surface area (Å²) in [5.41, 5.74) is 2.97. The first-order valence-electron chi connectivity index (χ1n) is 5.69. The molecule has 1 saturated heterocycles. The van der Waals surface area contributed by atoms with Gasteiger partial charge in [-0.2, -0.15) is 0 Å². The third kappa shape index (κ3) is 3.23. The lowest BCUT2D eigenvalue weighted by Gasteiger charge is -2.12. The highest BCUT2D eigenvalue weighted by molar-refractivity contribution is 8.15. The van der Waals surface area contributed by atoms with Crippen LogP contribution in [-0.4, -0.2) is 34.2 Å². The molecule has 1 N–H and O–H groups in total. The van der Waals surface area contributed by atoms with E-state index in [1.807, 2.05) is 6.07 Å². The quantitative estimate of drug-likeness (QED) is 0.668. The maximum absolute atomic E-state index is 11.8. The number of nitrogens with one attached hydrogen (secondary N) is 1. The molecule has 0 saturated carbocycles. The molecule has 1 aliphatic heterocycles. The molecule has 0 radical (unpaired) electrons. The van der Waals surface area contributed by atoms with Gasteiger partial charge in [-0.3, -0.25) is 14.5 Å². The summed E-state index contributed by atoms with van der Waals surface area (Å²) in [6.45, 7) is 3.99. The Kier molecular flexibility index (Phi) is 4.35. The number of hydrogen-bond acceptors (Lipinski definition) is 4. The van der Waals surface area contributed by atoms with Crippen LogP contribution in [0.2, 0.25) is 0 Å². The summed E-state index contributed by atoms with van der Waals surface area (Å²) in [7, 11) is 0. The van der Waals surface area contributed by atoms with Crippen molar-refractivity contribution in [3.05, 3.63) is 48.6 Å². The van der Waals surface area contributed by atoms with E-state index in [-0.39, 0.29) is 11.8 Å². The normalized spacial score (nSPS) is 16.7. The van der Waals surface area contributed by atoms with Crippen molar-refractivity contribution in [3.63, 3.8) is 0 Å². The van der Waals surface area contributed by atoms with Gasteiger partial charge in [0.05, 0.1) is 5.75 Å². The zero-order valence-corrected chi connectivity index (χ0v) is 11.0. The summed E-state index contributed by atoms with van der Waals surface area (Å²) in [5.74, 6) is 0.0117. The maximum Gasteiger partial charge on any atom is 0.271 e. The Morgan fingerprint density at radius 3 is 2.89 bits per heavy atom. The molecular formula is C13H13N3O2S. The molecule has 19 heavy (non-hydrogen) atoms. The topological polar surface area (TPSA) is 61.8 Å². The number of hydrazone groups is 1. The summed E-state index contributed by atoms with van der Waals surface area (Å²) in [6, 6.07) is 8.79. The Balaban J connectivity index is 2.04. The molecule has 1 aromatic carbocycles. The van der Waals surface area contributed by atoms with Crippen LogP contribution in [0.15, 0.2) is 48.1 Å². The van der Waals surface area contributed by atoms with Crippen LogP contribution in [0.5, 0.6) is 0 Å². The third-order valence-corrected chi connectivity index (χ3v) is 3.42. The molecule has 5 nitrogen and oxygen atoms in total. The van der Waals surface area contributed by atoms with E-state index in [4.69, 9.17) is 0 Å². The number of rotatable bonds is 4. The average Bonchev–Trinajstić information content (AvgIpc) is 2.79. The van der Waals surface area contributed by atoms with Gasteiger partial charge in [0.1, 0.15) is 0 Å². The van der Waals surface area contributed by atoms with Crippen molar-refractivity contribution in [1.82, 2.24) is 10.3 Å². The molecule has 1 aliphatic rings. The summed E-state index contributed by atoms with van der Waals surface area (Å²) in [4.78, 5) is 24.8. The standard InChI is InChI=1S/C13H13N3O2S/c1-2-8-16-11(17)9-19-13(16)15-14-12(18)10-6-4-3-5-7-10/h2-7H,1,8-9H2,(H,14,18). The van der Waals surface area contributed by atoms with Crippen LogP contribution in [0.3, 0.4) is 0 Å². The van der Waals surface area contributed by atoms with Crippen LogP contribution in [0.25, 0.3) is 0 Å². The van der Waals surface area contributed by atoms with E-state index in [2.05, 4.69) is 17.1 Å². The van der Waals surface area contributed by atoms with Gasteiger partial charge in [-0.05, 0) is 12.1 Å². The number of hydrogen-bond donors (Lipinski definition) is 1. The SMILES string of the molecule is C=CCN1C(=O)CSC1=NNC(=O)c1ccccc1. The van der Waals surface area contributed by atoms with Crippen molar-refractivity contribution in [2.24, 2.45) is 5.10 Å². The average molecular weight is 275 g/mol. The lowest BCUT2D eigenvalue weighted by atomic mass is 10.2. The van der Waals surface area contributed by atoms with Gasteiger partial charge in [-0.15, -0.1) is 11.7 Å². The van der Waals surface area contributed by atoms with Crippen LogP contribution in [-0.2, 0) is 4.79 Å². The molecule has 2 rings (SSSR count). The van der Waals surface area contributed by atoms with Gasteiger partial charge in [-0.1, -0.05) is 36.0 Å². The molecule has 98 valence electrons. The highest BCUT2D eigenvalue weighted by Crippen LogP contribution is 2.18. The van der Waals surface area contributed by atoms with Gasteiger partial charge >= 0.3 is 0 Å². The number of carbonyl (C=O) groups excluding carboxylic acids is 2. The predicted octanol–water partition coefficient (Wildman–Crippen LogP) is 1.45. The molecule has 6 heteroatoms. The van der Waals surface area contributed by atoms with E-state index in [0.717, 1.165) is 0 Å². The second kappa shape index (κ2) is 6.19. The van der Waals surface area contributed by atoms with E-state index < -0.39 is 0 Å². The molecular weight excluding hydrogens is 262 g/mol. The Labute approximate surface area is 115 Å². The van der Waals surface area contributed by atoms with Crippen LogP contribution in [0, 0.1) is 0 Å². The molecule has 0 aliphatic carbocycles. The van der Waals surface area contributed by atoms with E-state index in [0.29, 0.717) is 23.0 Å². The predicted molar refractivity (Wildman–Crippen MR) is 75.7 cm³/mol. The highest BCUT2D eigenvalue weighted by Gasteiger charge is 2.27. The van der Waals surface area contributed by atoms with Gasteiger partial charge in [0, 0.05) is 12.1 Å². The molecule has 2 amide bonds. The Morgan fingerprint density at radius 1 is 1.47 bits per heavy atom. The molecule has 0 bridgehead atoms. The van der Waals surface area contributed by atoms with Crippen molar-refractivity contribution in [2.75, 3.05) is 12.3 Å². The van der Waals surface area contributed by atoms with Crippen molar-refractivity contribution in [2.45, 2.75) is 0 Å². The highest BCUT2D eigenvalue weighted by atomic mass is 32.2. The first kappa shape index (κ1) is 13.4. The number of benzene rings is 1. The first-order chi connectivity index (χ1) is 9.22. The number of thioether (sulfide) groups is 1. The minimum atomic E-state index is -0.299. The minimum absolute atomic E-state index is 0.0300. The number of carbonyl (C=O) groups is 2. The van der Waals surface area contributed by atoms with Crippen LogP contribution >= 0.6 is 11.8 Å². The molecule has 1 heterocycles. The van der Waals surface area contributed by atoms with Crippen molar-refractivity contribution in [1.29, 1.82) is 0 Å². The van der Waals surface area contributed by atoms with Crippen molar-refractivity contribution >= 4 is 28.7 Å². The monoisotopic (exact) mass is 275 g/mol. The molecule has 0 atom stereocenters. The largest absolute Gasteiger partial charge is 0.285 e. The van der Waals surface area contributed by atoms with Gasteiger partial charge in [0.2, 0.25) is 5.91 Å². The molecule has 1 fully saturated rings. The third-order valence-electron chi connectivity index (χ3n) is 2.46. The van der Waals surface area contributed by atoms with Gasteiger partial charge < -0.3 is 0 Å². The van der Waals surface area contributed by atoms with E-state index in [9.17, 15) is 9.59 Å². The number of amides is 2. The lowest BCUT2D eigenvalue weighted by molar-refractivity contribution is -0.123. The first-order valence-corrected chi connectivity index (χ1v) is 6.68. The smallest absolute Gasteiger partial charge is 0.271 e. The summed E-state index contributed by atoms with van der Waals surface area (Å²) in [6.07, 6.45) is 1.62. The van der Waals surface area contributed by atoms with Gasteiger partial charge in [0.25, 0.3) is 5.91 Å². The number of nitrogens with zero attached hydrogens (tertiary/aromatic N) is 2. The van der Waals surface area contributed by atoms with E-state index in [1.165, 1.54) is 16.7 Å². The second-order valence-electron chi connectivity index (χ2n) is 3.78. The lowest BCUT2D eigenvalue weighted by Crippen LogP contribution is -2.31. The zero-order valence-electron chi connectivity index (χ0n) is 10.2. The van der Waals surface area contributed by atoms with E-state index in [1.54, 1.807) is 30.3 Å². The Bertz CT molecular complexity index is 528. The van der Waals surface area contributed by atoms with Crippen molar-refractivity contribution < 1.29 is 9.59 Å².